The van der Waals surface area contributed by atoms with E-state index in [1.807, 2.05) is 13.8 Å². The third-order valence-corrected chi connectivity index (χ3v) is 3.32. The van der Waals surface area contributed by atoms with Crippen LogP contribution in [0.1, 0.15) is 33.1 Å². The predicted octanol–water partition coefficient (Wildman–Crippen LogP) is 0.853. The molecule has 0 aromatic rings. The van der Waals surface area contributed by atoms with Crippen molar-refractivity contribution in [3.63, 3.8) is 0 Å². The maximum Gasteiger partial charge on any atom is 0.222 e. The largest absolute Gasteiger partial charge is 0.396 e. The summed E-state index contributed by atoms with van der Waals surface area (Å²) in [6, 6.07) is 0. The predicted molar refractivity (Wildman–Crippen MR) is 68.7 cm³/mol. The van der Waals surface area contributed by atoms with Crippen molar-refractivity contribution in [3.05, 3.63) is 0 Å². The molecule has 0 radical (unpaired) electrons. The molecule has 1 fully saturated rings. The fourth-order valence-electron chi connectivity index (χ4n) is 2.26. The standard InChI is InChI=1S/C13H26N2O2/c1-11(2)13(17)14-9-12-5-3-6-15(10-12)7-4-8-16/h11-12,16H,3-10H2,1-2H3,(H,14,17). The van der Waals surface area contributed by atoms with E-state index in [2.05, 4.69) is 10.2 Å². The van der Waals surface area contributed by atoms with Crippen molar-refractivity contribution in [1.29, 1.82) is 0 Å². The van der Waals surface area contributed by atoms with E-state index in [4.69, 9.17) is 5.11 Å². The molecule has 1 aliphatic rings. The zero-order chi connectivity index (χ0) is 12.7. The molecule has 1 atom stereocenters. The van der Waals surface area contributed by atoms with E-state index >= 15 is 0 Å². The van der Waals surface area contributed by atoms with Crippen molar-refractivity contribution in [2.45, 2.75) is 33.1 Å². The Morgan fingerprint density at radius 1 is 1.53 bits per heavy atom. The minimum atomic E-state index is 0.0732. The molecular formula is C13H26N2O2. The van der Waals surface area contributed by atoms with Gasteiger partial charge in [-0.2, -0.15) is 0 Å². The quantitative estimate of drug-likeness (QED) is 0.726. The number of rotatable bonds is 6. The summed E-state index contributed by atoms with van der Waals surface area (Å²) in [4.78, 5) is 13.9. The number of hydrogen-bond donors (Lipinski definition) is 2. The Morgan fingerprint density at radius 2 is 2.29 bits per heavy atom. The summed E-state index contributed by atoms with van der Waals surface area (Å²) < 4.78 is 0. The van der Waals surface area contributed by atoms with Gasteiger partial charge < -0.3 is 15.3 Å². The van der Waals surface area contributed by atoms with Crippen LogP contribution in [0.5, 0.6) is 0 Å². The lowest BCUT2D eigenvalue weighted by molar-refractivity contribution is -0.124. The first kappa shape index (κ1) is 14.5. The molecule has 4 heteroatoms. The van der Waals surface area contributed by atoms with Crippen molar-refractivity contribution in [2.75, 3.05) is 32.8 Å². The van der Waals surface area contributed by atoms with Crippen LogP contribution >= 0.6 is 0 Å². The van der Waals surface area contributed by atoms with Crippen molar-refractivity contribution < 1.29 is 9.90 Å². The van der Waals surface area contributed by atoms with Crippen LogP contribution in [0.3, 0.4) is 0 Å². The SMILES string of the molecule is CC(C)C(=O)NCC1CCCN(CCCO)C1. The number of nitrogens with zero attached hydrogens (tertiary/aromatic N) is 1. The van der Waals surface area contributed by atoms with Crippen LogP contribution in [-0.2, 0) is 4.79 Å². The Kier molecular flexibility index (Phi) is 6.52. The molecule has 4 nitrogen and oxygen atoms in total. The smallest absolute Gasteiger partial charge is 0.222 e. The third-order valence-electron chi connectivity index (χ3n) is 3.32. The van der Waals surface area contributed by atoms with Gasteiger partial charge in [0.05, 0.1) is 0 Å². The summed E-state index contributed by atoms with van der Waals surface area (Å²) >= 11 is 0. The summed E-state index contributed by atoms with van der Waals surface area (Å²) in [6.07, 6.45) is 3.26. The molecule has 1 aliphatic heterocycles. The molecule has 2 N–H and O–H groups in total. The topological polar surface area (TPSA) is 52.6 Å². The highest BCUT2D eigenvalue weighted by molar-refractivity contribution is 5.77. The fourth-order valence-corrected chi connectivity index (χ4v) is 2.26. The van der Waals surface area contributed by atoms with Gasteiger partial charge in [-0.05, 0) is 31.7 Å². The lowest BCUT2D eigenvalue weighted by atomic mass is 9.97. The molecule has 1 amide bonds. The zero-order valence-electron chi connectivity index (χ0n) is 11.1. The highest BCUT2D eigenvalue weighted by Gasteiger charge is 2.20. The Labute approximate surface area is 104 Å². The third kappa shape index (κ3) is 5.50. The lowest BCUT2D eigenvalue weighted by Crippen LogP contribution is -2.42. The van der Waals surface area contributed by atoms with Gasteiger partial charge in [0.25, 0.3) is 0 Å². The molecule has 1 heterocycles. The molecule has 1 unspecified atom stereocenters. The van der Waals surface area contributed by atoms with Gasteiger partial charge >= 0.3 is 0 Å². The van der Waals surface area contributed by atoms with E-state index in [0.717, 1.165) is 32.6 Å². The van der Waals surface area contributed by atoms with E-state index < -0.39 is 0 Å². The van der Waals surface area contributed by atoms with E-state index in [1.165, 1.54) is 12.8 Å². The molecule has 0 aromatic heterocycles. The van der Waals surface area contributed by atoms with E-state index in [0.29, 0.717) is 5.92 Å². The summed E-state index contributed by atoms with van der Waals surface area (Å²) in [5, 5.41) is 11.8. The highest BCUT2D eigenvalue weighted by Crippen LogP contribution is 2.15. The van der Waals surface area contributed by atoms with E-state index in [9.17, 15) is 4.79 Å². The second kappa shape index (κ2) is 7.67. The summed E-state index contributed by atoms with van der Waals surface area (Å²) in [7, 11) is 0. The second-order valence-corrected chi connectivity index (χ2v) is 5.29. The van der Waals surface area contributed by atoms with Crippen LogP contribution in [0, 0.1) is 11.8 Å². The first-order valence-electron chi connectivity index (χ1n) is 6.74. The van der Waals surface area contributed by atoms with Gasteiger partial charge in [-0.3, -0.25) is 4.79 Å². The molecule has 0 aliphatic carbocycles. The zero-order valence-corrected chi connectivity index (χ0v) is 11.1. The van der Waals surface area contributed by atoms with Gasteiger partial charge in [0.1, 0.15) is 0 Å². The normalized spacial score (nSPS) is 21.8. The van der Waals surface area contributed by atoms with Crippen LogP contribution in [0.25, 0.3) is 0 Å². The van der Waals surface area contributed by atoms with Crippen LogP contribution in [0.2, 0.25) is 0 Å². The maximum atomic E-state index is 11.5. The average Bonchev–Trinajstić information content (AvgIpc) is 2.33. The summed E-state index contributed by atoms with van der Waals surface area (Å²) in [5.74, 6) is 0.798. The Morgan fingerprint density at radius 3 is 2.94 bits per heavy atom. The van der Waals surface area contributed by atoms with Gasteiger partial charge in [0.15, 0.2) is 0 Å². The molecule has 1 saturated heterocycles. The van der Waals surface area contributed by atoms with Gasteiger partial charge in [-0.15, -0.1) is 0 Å². The van der Waals surface area contributed by atoms with Crippen molar-refractivity contribution in [2.24, 2.45) is 11.8 Å². The number of hydrogen-bond acceptors (Lipinski definition) is 3. The number of aliphatic hydroxyl groups excluding tert-OH is 1. The highest BCUT2D eigenvalue weighted by atomic mass is 16.3. The monoisotopic (exact) mass is 242 g/mol. The van der Waals surface area contributed by atoms with E-state index in [-0.39, 0.29) is 18.4 Å². The number of carbonyl (C=O) groups is 1. The molecular weight excluding hydrogens is 216 g/mol. The van der Waals surface area contributed by atoms with Gasteiger partial charge in [-0.25, -0.2) is 0 Å². The number of amides is 1. The molecule has 1 rings (SSSR count). The summed E-state index contributed by atoms with van der Waals surface area (Å²) in [6.45, 7) is 8.07. The Bertz CT molecular complexity index is 231. The van der Waals surface area contributed by atoms with Crippen LogP contribution in [0.4, 0.5) is 0 Å². The number of aliphatic hydroxyl groups is 1. The second-order valence-electron chi connectivity index (χ2n) is 5.29. The molecule has 100 valence electrons. The number of carbonyl (C=O) groups excluding carboxylic acids is 1. The van der Waals surface area contributed by atoms with Crippen LogP contribution in [0.15, 0.2) is 0 Å². The number of nitrogens with one attached hydrogen (secondary N) is 1. The maximum absolute atomic E-state index is 11.5. The van der Waals surface area contributed by atoms with Gasteiger partial charge in [-0.1, -0.05) is 13.8 Å². The lowest BCUT2D eigenvalue weighted by Gasteiger charge is -2.32. The molecule has 0 spiro atoms. The van der Waals surface area contributed by atoms with E-state index in [1.54, 1.807) is 0 Å². The molecule has 0 saturated carbocycles. The first-order valence-corrected chi connectivity index (χ1v) is 6.74. The van der Waals surface area contributed by atoms with Crippen molar-refractivity contribution in [1.82, 2.24) is 10.2 Å². The molecule has 0 aromatic carbocycles. The summed E-state index contributed by atoms with van der Waals surface area (Å²) in [5.41, 5.74) is 0. The van der Waals surface area contributed by atoms with Gasteiger partial charge in [0.2, 0.25) is 5.91 Å². The Hall–Kier alpha value is -0.610. The minimum Gasteiger partial charge on any atom is -0.396 e. The molecule has 0 bridgehead atoms. The van der Waals surface area contributed by atoms with Crippen molar-refractivity contribution >= 4 is 5.91 Å². The minimum absolute atomic E-state index is 0.0732. The average molecular weight is 242 g/mol. The number of piperidine rings is 1. The van der Waals surface area contributed by atoms with Crippen LogP contribution in [-0.4, -0.2) is 48.7 Å². The Balaban J connectivity index is 2.22. The number of likely N-dealkylation sites (tertiary alicyclic amines) is 1. The van der Waals surface area contributed by atoms with Crippen LogP contribution < -0.4 is 5.32 Å². The van der Waals surface area contributed by atoms with Gasteiger partial charge in [0, 0.05) is 32.2 Å². The molecule has 17 heavy (non-hydrogen) atoms. The van der Waals surface area contributed by atoms with Crippen molar-refractivity contribution in [3.8, 4) is 0 Å². The fraction of sp³-hybridized carbons (Fsp3) is 0.923. The first-order chi connectivity index (χ1) is 8.13.